The van der Waals surface area contributed by atoms with Crippen LogP contribution >= 0.6 is 0 Å². The van der Waals surface area contributed by atoms with Crippen molar-refractivity contribution in [3.63, 3.8) is 0 Å². The molecule has 0 bridgehead atoms. The van der Waals surface area contributed by atoms with E-state index in [4.69, 9.17) is 0 Å². The zero-order valence-corrected chi connectivity index (χ0v) is 10.0. The van der Waals surface area contributed by atoms with E-state index in [9.17, 15) is 13.2 Å². The maximum absolute atomic E-state index is 12.6. The molecular weight excluding hydrogens is 245 g/mol. The first-order valence-electron chi connectivity index (χ1n) is 5.83. The summed E-state index contributed by atoms with van der Waals surface area (Å²) in [7, 11) is 0. The summed E-state index contributed by atoms with van der Waals surface area (Å²) >= 11 is 0. The van der Waals surface area contributed by atoms with Crippen LogP contribution in [0.5, 0.6) is 0 Å². The molecule has 0 spiro atoms. The first-order valence-corrected chi connectivity index (χ1v) is 5.83. The molecule has 1 fully saturated rings. The first-order chi connectivity index (χ1) is 8.48. The van der Waals surface area contributed by atoms with Gasteiger partial charge in [0, 0.05) is 32.4 Å². The SMILES string of the molecule is CC(c1nccc(C(F)(F)F)n1)N1CCNCC1. The lowest BCUT2D eigenvalue weighted by Gasteiger charge is -2.31. The third-order valence-electron chi connectivity index (χ3n) is 3.04. The molecule has 1 atom stereocenters. The maximum Gasteiger partial charge on any atom is 0.433 e. The van der Waals surface area contributed by atoms with Gasteiger partial charge in [-0.15, -0.1) is 0 Å². The van der Waals surface area contributed by atoms with E-state index >= 15 is 0 Å². The normalized spacial score (nSPS) is 19.8. The van der Waals surface area contributed by atoms with Crippen molar-refractivity contribution in [2.75, 3.05) is 26.2 Å². The van der Waals surface area contributed by atoms with Crippen molar-refractivity contribution in [2.24, 2.45) is 0 Å². The minimum Gasteiger partial charge on any atom is -0.314 e. The van der Waals surface area contributed by atoms with E-state index in [1.165, 1.54) is 6.20 Å². The predicted molar refractivity (Wildman–Crippen MR) is 59.9 cm³/mol. The molecule has 1 aliphatic heterocycles. The summed E-state index contributed by atoms with van der Waals surface area (Å²) in [4.78, 5) is 9.65. The van der Waals surface area contributed by atoms with Gasteiger partial charge in [-0.3, -0.25) is 4.90 Å². The molecule has 1 aromatic rings. The molecule has 100 valence electrons. The molecule has 0 amide bonds. The number of hydrogen-bond acceptors (Lipinski definition) is 4. The lowest BCUT2D eigenvalue weighted by atomic mass is 10.2. The molecule has 1 aromatic heterocycles. The van der Waals surface area contributed by atoms with E-state index in [0.29, 0.717) is 0 Å². The quantitative estimate of drug-likeness (QED) is 0.874. The topological polar surface area (TPSA) is 41.1 Å². The van der Waals surface area contributed by atoms with Crippen LogP contribution in [0.4, 0.5) is 13.2 Å². The van der Waals surface area contributed by atoms with Crippen LogP contribution in [0.25, 0.3) is 0 Å². The molecular formula is C11H15F3N4. The Hall–Kier alpha value is -1.21. The molecule has 2 rings (SSSR count). The van der Waals surface area contributed by atoms with Crippen molar-refractivity contribution in [2.45, 2.75) is 19.1 Å². The Morgan fingerprint density at radius 3 is 2.61 bits per heavy atom. The van der Waals surface area contributed by atoms with Crippen LogP contribution in [0.15, 0.2) is 12.3 Å². The van der Waals surface area contributed by atoms with Gasteiger partial charge in [-0.2, -0.15) is 13.2 Å². The van der Waals surface area contributed by atoms with E-state index in [-0.39, 0.29) is 11.9 Å². The monoisotopic (exact) mass is 260 g/mol. The van der Waals surface area contributed by atoms with E-state index < -0.39 is 11.9 Å². The van der Waals surface area contributed by atoms with Gasteiger partial charge >= 0.3 is 6.18 Å². The van der Waals surface area contributed by atoms with Gasteiger partial charge < -0.3 is 5.32 Å². The van der Waals surface area contributed by atoms with Crippen LogP contribution in [-0.2, 0) is 6.18 Å². The number of rotatable bonds is 2. The van der Waals surface area contributed by atoms with Gasteiger partial charge in [0.2, 0.25) is 0 Å². The van der Waals surface area contributed by atoms with Crippen molar-refractivity contribution < 1.29 is 13.2 Å². The summed E-state index contributed by atoms with van der Waals surface area (Å²) in [6.07, 6.45) is -3.25. The van der Waals surface area contributed by atoms with Crippen molar-refractivity contribution in [1.29, 1.82) is 0 Å². The molecule has 7 heteroatoms. The zero-order valence-electron chi connectivity index (χ0n) is 10.0. The molecule has 0 aromatic carbocycles. The number of nitrogens with one attached hydrogen (secondary N) is 1. The fourth-order valence-electron chi connectivity index (χ4n) is 1.97. The number of nitrogens with zero attached hydrogens (tertiary/aromatic N) is 3. The van der Waals surface area contributed by atoms with Crippen LogP contribution in [0, 0.1) is 0 Å². The van der Waals surface area contributed by atoms with Crippen LogP contribution in [0.1, 0.15) is 24.5 Å². The van der Waals surface area contributed by atoms with Gasteiger partial charge in [-0.1, -0.05) is 0 Å². The van der Waals surface area contributed by atoms with Gasteiger partial charge in [0.15, 0.2) is 0 Å². The molecule has 2 heterocycles. The van der Waals surface area contributed by atoms with Crippen LogP contribution in [0.2, 0.25) is 0 Å². The summed E-state index contributed by atoms with van der Waals surface area (Å²) < 4.78 is 37.7. The lowest BCUT2D eigenvalue weighted by Crippen LogP contribution is -2.44. The lowest BCUT2D eigenvalue weighted by molar-refractivity contribution is -0.141. The minimum atomic E-state index is -4.42. The van der Waals surface area contributed by atoms with Crippen LogP contribution in [-0.4, -0.2) is 41.0 Å². The molecule has 18 heavy (non-hydrogen) atoms. The molecule has 1 aliphatic rings. The fourth-order valence-corrected chi connectivity index (χ4v) is 1.97. The number of hydrogen-bond donors (Lipinski definition) is 1. The highest BCUT2D eigenvalue weighted by Crippen LogP contribution is 2.28. The first kappa shape index (κ1) is 13.2. The van der Waals surface area contributed by atoms with E-state index in [1.807, 2.05) is 6.92 Å². The molecule has 1 saturated heterocycles. The molecule has 0 saturated carbocycles. The fraction of sp³-hybridized carbons (Fsp3) is 0.636. The predicted octanol–water partition coefficient (Wildman–Crippen LogP) is 1.46. The number of halogens is 3. The minimum absolute atomic E-state index is 0.200. The van der Waals surface area contributed by atoms with Crippen molar-refractivity contribution in [3.05, 3.63) is 23.8 Å². The standard InChI is InChI=1S/C11H15F3N4/c1-8(18-6-4-15-5-7-18)10-16-3-2-9(17-10)11(12,13)14/h2-3,8,15H,4-7H2,1H3. The van der Waals surface area contributed by atoms with E-state index in [1.54, 1.807) is 0 Å². The van der Waals surface area contributed by atoms with Crippen molar-refractivity contribution in [1.82, 2.24) is 20.2 Å². The summed E-state index contributed by atoms with van der Waals surface area (Å²) in [5.74, 6) is 0.228. The number of piperazine rings is 1. The van der Waals surface area contributed by atoms with E-state index in [0.717, 1.165) is 32.2 Å². The average molecular weight is 260 g/mol. The summed E-state index contributed by atoms with van der Waals surface area (Å²) in [5, 5.41) is 3.19. The number of aromatic nitrogens is 2. The Balaban J connectivity index is 2.17. The van der Waals surface area contributed by atoms with Gasteiger partial charge in [0.1, 0.15) is 11.5 Å². The molecule has 0 aliphatic carbocycles. The van der Waals surface area contributed by atoms with Crippen LogP contribution in [0.3, 0.4) is 0 Å². The smallest absolute Gasteiger partial charge is 0.314 e. The van der Waals surface area contributed by atoms with Gasteiger partial charge in [-0.25, -0.2) is 9.97 Å². The maximum atomic E-state index is 12.6. The number of alkyl halides is 3. The van der Waals surface area contributed by atoms with Gasteiger partial charge in [0.25, 0.3) is 0 Å². The third-order valence-corrected chi connectivity index (χ3v) is 3.04. The highest BCUT2D eigenvalue weighted by Gasteiger charge is 2.33. The van der Waals surface area contributed by atoms with Crippen molar-refractivity contribution in [3.8, 4) is 0 Å². The Labute approximate surface area is 103 Å². The molecule has 0 radical (unpaired) electrons. The molecule has 1 unspecified atom stereocenters. The summed E-state index contributed by atoms with van der Waals surface area (Å²) in [6.45, 7) is 5.09. The molecule has 4 nitrogen and oxygen atoms in total. The Morgan fingerprint density at radius 2 is 2.00 bits per heavy atom. The van der Waals surface area contributed by atoms with E-state index in [2.05, 4.69) is 20.2 Å². The average Bonchev–Trinajstić information content (AvgIpc) is 2.38. The second-order valence-electron chi connectivity index (χ2n) is 4.26. The molecule has 1 N–H and O–H groups in total. The third kappa shape index (κ3) is 2.97. The highest BCUT2D eigenvalue weighted by molar-refractivity contribution is 5.08. The highest BCUT2D eigenvalue weighted by atomic mass is 19.4. The second-order valence-corrected chi connectivity index (χ2v) is 4.26. The van der Waals surface area contributed by atoms with Crippen molar-refractivity contribution >= 4 is 0 Å². The Bertz CT molecular complexity index is 402. The van der Waals surface area contributed by atoms with Gasteiger partial charge in [0.05, 0.1) is 6.04 Å². The Kier molecular flexibility index (Phi) is 3.82. The Morgan fingerprint density at radius 1 is 1.33 bits per heavy atom. The summed E-state index contributed by atoms with van der Waals surface area (Å²) in [5.41, 5.74) is -0.880. The van der Waals surface area contributed by atoms with Gasteiger partial charge in [-0.05, 0) is 13.0 Å². The second kappa shape index (κ2) is 5.19. The largest absolute Gasteiger partial charge is 0.433 e. The zero-order chi connectivity index (χ0) is 13.2. The summed E-state index contributed by atoms with van der Waals surface area (Å²) in [6, 6.07) is 0.697. The van der Waals surface area contributed by atoms with Crippen LogP contribution < -0.4 is 5.32 Å².